The fraction of sp³-hybridized carbons (Fsp3) is 0.188. The monoisotopic (exact) mass is 347 g/mol. The molecule has 124 valence electrons. The Balaban J connectivity index is 2.07. The van der Waals surface area contributed by atoms with Crippen molar-refractivity contribution in [2.24, 2.45) is 0 Å². The summed E-state index contributed by atoms with van der Waals surface area (Å²) in [6.07, 6.45) is 1.34. The molecule has 2 heterocycles. The first-order valence-electron chi connectivity index (χ1n) is 6.99. The Kier molecular flexibility index (Phi) is 4.30. The summed E-state index contributed by atoms with van der Waals surface area (Å²) < 4.78 is 24.4. The molecule has 0 radical (unpaired) electrons. The van der Waals surface area contributed by atoms with Gasteiger partial charge in [-0.05, 0) is 31.2 Å². The van der Waals surface area contributed by atoms with E-state index in [-0.39, 0.29) is 5.82 Å². The molecule has 0 fully saturated rings. The molecule has 8 heteroatoms. The highest BCUT2D eigenvalue weighted by Gasteiger charge is 2.22. The number of carbonyl (C=O) groups excluding carboxylic acids is 1. The molecule has 0 aliphatic heterocycles. The Hall–Kier alpha value is -2.74. The highest BCUT2D eigenvalue weighted by Crippen LogP contribution is 2.30. The average molecular weight is 347 g/mol. The lowest BCUT2D eigenvalue weighted by atomic mass is 10.2. The van der Waals surface area contributed by atoms with Gasteiger partial charge in [0.05, 0.1) is 31.1 Å². The van der Waals surface area contributed by atoms with Crippen LogP contribution in [0.2, 0.25) is 0 Å². The van der Waals surface area contributed by atoms with E-state index in [9.17, 15) is 9.18 Å². The van der Waals surface area contributed by atoms with Crippen molar-refractivity contribution >= 4 is 27.8 Å². The maximum absolute atomic E-state index is 13.0. The Morgan fingerprint density at radius 3 is 2.58 bits per heavy atom. The molecule has 0 amide bonds. The lowest BCUT2D eigenvalue weighted by Gasteiger charge is -2.03. The summed E-state index contributed by atoms with van der Waals surface area (Å²) in [5.41, 5.74) is 1.76. The summed E-state index contributed by atoms with van der Waals surface area (Å²) in [7, 11) is 2.77. The van der Waals surface area contributed by atoms with Crippen LogP contribution in [0, 0.1) is 12.7 Å². The molecule has 1 aromatic carbocycles. The van der Waals surface area contributed by atoms with Crippen LogP contribution in [0.25, 0.3) is 21.9 Å². The molecule has 0 bridgehead atoms. The number of methoxy groups -OCH3 is 2. The highest BCUT2D eigenvalue weighted by atomic mass is 32.1. The second kappa shape index (κ2) is 6.40. The van der Waals surface area contributed by atoms with Gasteiger partial charge in [0.25, 0.3) is 0 Å². The number of fused-ring (bicyclic) bond motifs is 1. The van der Waals surface area contributed by atoms with E-state index in [1.165, 1.54) is 44.0 Å². The summed E-state index contributed by atoms with van der Waals surface area (Å²) in [4.78, 5) is 17.7. The van der Waals surface area contributed by atoms with Crippen molar-refractivity contribution in [1.29, 1.82) is 0 Å². The minimum atomic E-state index is -0.497. The quantitative estimate of drug-likeness (QED) is 0.412. The van der Waals surface area contributed by atoms with Gasteiger partial charge in [-0.25, -0.2) is 13.7 Å². The van der Waals surface area contributed by atoms with Gasteiger partial charge < -0.3 is 9.47 Å². The van der Waals surface area contributed by atoms with E-state index in [1.807, 2.05) is 6.92 Å². The third kappa shape index (κ3) is 2.76. The number of esters is 1. The average Bonchev–Trinajstić information content (AvgIpc) is 3.12. The lowest BCUT2D eigenvalue weighted by molar-refractivity contribution is -0.133. The van der Waals surface area contributed by atoms with E-state index in [1.54, 1.807) is 16.6 Å². The molecular weight excluding hydrogens is 333 g/mol. The smallest absolute Gasteiger partial charge is 0.342 e. The number of nitrogens with zero attached hydrogens (tertiary/aromatic N) is 3. The van der Waals surface area contributed by atoms with Crippen LogP contribution in [0.3, 0.4) is 0 Å². The van der Waals surface area contributed by atoms with Gasteiger partial charge in [0.1, 0.15) is 11.4 Å². The number of ether oxygens (including phenoxy) is 2. The Bertz CT molecular complexity index is 928. The first-order chi connectivity index (χ1) is 11.5. The molecule has 0 unspecified atom stereocenters. The van der Waals surface area contributed by atoms with Crippen LogP contribution in [0.5, 0.6) is 0 Å². The standard InChI is InChI=1S/C16H14FN3O3S/c1-9-13(12(8-22-2)15(21)23-3)24-16-18-14(19-20(9)16)10-4-6-11(17)7-5-10/h4-8H,1-3H3/b12-8-. The summed E-state index contributed by atoms with van der Waals surface area (Å²) in [5.74, 6) is -0.319. The summed E-state index contributed by atoms with van der Waals surface area (Å²) >= 11 is 1.30. The summed E-state index contributed by atoms with van der Waals surface area (Å²) in [5, 5.41) is 4.43. The Labute approximate surface area is 141 Å². The van der Waals surface area contributed by atoms with E-state index < -0.39 is 5.97 Å². The van der Waals surface area contributed by atoms with Crippen LogP contribution >= 0.6 is 11.3 Å². The van der Waals surface area contributed by atoms with E-state index in [0.717, 1.165) is 5.69 Å². The van der Waals surface area contributed by atoms with Gasteiger partial charge in [-0.2, -0.15) is 4.98 Å². The fourth-order valence-corrected chi connectivity index (χ4v) is 3.29. The molecule has 3 aromatic rings. The minimum Gasteiger partial charge on any atom is -0.503 e. The molecule has 0 saturated carbocycles. The summed E-state index contributed by atoms with van der Waals surface area (Å²) in [6, 6.07) is 5.96. The van der Waals surface area contributed by atoms with Gasteiger partial charge in [0.2, 0.25) is 4.96 Å². The van der Waals surface area contributed by atoms with Crippen molar-refractivity contribution in [1.82, 2.24) is 14.6 Å². The largest absolute Gasteiger partial charge is 0.503 e. The number of hydrogen-bond acceptors (Lipinski definition) is 6. The van der Waals surface area contributed by atoms with Crippen LogP contribution < -0.4 is 0 Å². The normalized spacial score (nSPS) is 11.8. The molecule has 0 aliphatic rings. The molecule has 0 saturated heterocycles. The second-order valence-corrected chi connectivity index (χ2v) is 5.89. The topological polar surface area (TPSA) is 65.7 Å². The van der Waals surface area contributed by atoms with Gasteiger partial charge in [0.15, 0.2) is 5.82 Å². The zero-order valence-corrected chi connectivity index (χ0v) is 14.1. The first-order valence-corrected chi connectivity index (χ1v) is 7.80. The fourth-order valence-electron chi connectivity index (χ4n) is 2.24. The van der Waals surface area contributed by atoms with Crippen LogP contribution in [-0.2, 0) is 14.3 Å². The third-order valence-electron chi connectivity index (χ3n) is 3.41. The lowest BCUT2D eigenvalue weighted by Crippen LogP contribution is -2.05. The number of benzene rings is 1. The number of halogens is 1. The predicted octanol–water partition coefficient (Wildman–Crippen LogP) is 3.07. The number of aryl methyl sites for hydroxylation is 1. The molecule has 0 spiro atoms. The van der Waals surface area contributed by atoms with Gasteiger partial charge in [-0.1, -0.05) is 11.3 Å². The molecule has 2 aromatic heterocycles. The van der Waals surface area contributed by atoms with Crippen LogP contribution in [0.4, 0.5) is 4.39 Å². The van der Waals surface area contributed by atoms with Crippen LogP contribution in [-0.4, -0.2) is 34.8 Å². The van der Waals surface area contributed by atoms with E-state index in [2.05, 4.69) is 10.1 Å². The number of thiazole rings is 1. The molecule has 0 N–H and O–H groups in total. The number of aromatic nitrogens is 3. The zero-order valence-electron chi connectivity index (χ0n) is 13.2. The Morgan fingerprint density at radius 2 is 2.00 bits per heavy atom. The minimum absolute atomic E-state index is 0.304. The maximum Gasteiger partial charge on any atom is 0.342 e. The van der Waals surface area contributed by atoms with Crippen molar-refractivity contribution in [3.63, 3.8) is 0 Å². The van der Waals surface area contributed by atoms with Gasteiger partial charge in [-0.3, -0.25) is 0 Å². The SMILES string of the molecule is CO/C=C(\C(=O)OC)c1sc2nc(-c3ccc(F)cc3)nn2c1C. The first kappa shape index (κ1) is 16.1. The van der Waals surface area contributed by atoms with E-state index in [4.69, 9.17) is 9.47 Å². The summed E-state index contributed by atoms with van der Waals surface area (Å²) in [6.45, 7) is 1.83. The molecule has 24 heavy (non-hydrogen) atoms. The molecular formula is C16H14FN3O3S. The van der Waals surface area contributed by atoms with Crippen molar-refractivity contribution in [3.05, 3.63) is 46.9 Å². The van der Waals surface area contributed by atoms with Crippen molar-refractivity contribution in [3.8, 4) is 11.4 Å². The predicted molar refractivity (Wildman–Crippen MR) is 88.0 cm³/mol. The second-order valence-electron chi connectivity index (χ2n) is 4.91. The van der Waals surface area contributed by atoms with Gasteiger partial charge >= 0.3 is 5.97 Å². The van der Waals surface area contributed by atoms with Crippen LogP contribution in [0.1, 0.15) is 10.6 Å². The van der Waals surface area contributed by atoms with Crippen LogP contribution in [0.15, 0.2) is 30.5 Å². The number of rotatable bonds is 4. The van der Waals surface area contributed by atoms with Gasteiger partial charge in [0, 0.05) is 5.56 Å². The van der Waals surface area contributed by atoms with Crippen molar-refractivity contribution < 1.29 is 18.7 Å². The molecule has 0 atom stereocenters. The Morgan fingerprint density at radius 1 is 1.29 bits per heavy atom. The van der Waals surface area contributed by atoms with Crippen molar-refractivity contribution in [2.75, 3.05) is 14.2 Å². The number of carbonyl (C=O) groups is 1. The van der Waals surface area contributed by atoms with E-state index in [0.29, 0.717) is 26.8 Å². The number of hydrogen-bond donors (Lipinski definition) is 0. The molecule has 3 rings (SSSR count). The van der Waals surface area contributed by atoms with Crippen molar-refractivity contribution in [2.45, 2.75) is 6.92 Å². The maximum atomic E-state index is 13.0. The highest BCUT2D eigenvalue weighted by molar-refractivity contribution is 7.18. The zero-order chi connectivity index (χ0) is 17.3. The van der Waals surface area contributed by atoms with Gasteiger partial charge in [-0.15, -0.1) is 5.10 Å². The molecule has 0 aliphatic carbocycles. The molecule has 6 nitrogen and oxygen atoms in total. The van der Waals surface area contributed by atoms with E-state index >= 15 is 0 Å². The third-order valence-corrected chi connectivity index (χ3v) is 4.57.